The number of nitrogens with one attached hydrogen (secondary N) is 2. The van der Waals surface area contributed by atoms with Gasteiger partial charge in [0, 0.05) is 57.8 Å². The van der Waals surface area contributed by atoms with Crippen molar-refractivity contribution in [1.29, 1.82) is 0 Å². The minimum atomic E-state index is 0.0249. The fourth-order valence-corrected chi connectivity index (χ4v) is 6.32. The summed E-state index contributed by atoms with van der Waals surface area (Å²) in [5.74, 6) is 2.95. The van der Waals surface area contributed by atoms with Gasteiger partial charge in [-0.3, -0.25) is 4.79 Å². The molecule has 1 aliphatic carbocycles. The van der Waals surface area contributed by atoms with Crippen LogP contribution >= 0.6 is 11.8 Å². The van der Waals surface area contributed by atoms with Crippen LogP contribution in [0.3, 0.4) is 0 Å². The predicted octanol–water partition coefficient (Wildman–Crippen LogP) is 5.20. The molecular weight excluding hydrogens is 454 g/mol. The normalized spacial score (nSPS) is 18.5. The minimum Gasteiger partial charge on any atom is -0.368 e. The predicted molar refractivity (Wildman–Crippen MR) is 145 cm³/mol. The molecule has 4 N–H and O–H groups in total. The second-order valence-electron chi connectivity index (χ2n) is 9.32. The second kappa shape index (κ2) is 10.2. The van der Waals surface area contributed by atoms with E-state index in [1.807, 2.05) is 30.9 Å². The van der Waals surface area contributed by atoms with Crippen LogP contribution in [0.15, 0.2) is 61.1 Å². The van der Waals surface area contributed by atoms with Crippen molar-refractivity contribution >= 4 is 34.9 Å². The summed E-state index contributed by atoms with van der Waals surface area (Å²) in [7, 11) is 2.04. The minimum absolute atomic E-state index is 0.0249. The van der Waals surface area contributed by atoms with Crippen LogP contribution in [-0.4, -0.2) is 45.8 Å². The molecule has 1 saturated carbocycles. The zero-order valence-electron chi connectivity index (χ0n) is 20.0. The number of aromatic amines is 1. The Morgan fingerprint density at radius 2 is 1.89 bits per heavy atom. The Balaban J connectivity index is 0.000000313. The molecule has 6 nitrogen and oxygen atoms in total. The van der Waals surface area contributed by atoms with Crippen LogP contribution in [0.25, 0.3) is 22.0 Å². The zero-order valence-corrected chi connectivity index (χ0v) is 20.8. The van der Waals surface area contributed by atoms with Gasteiger partial charge in [0.2, 0.25) is 5.95 Å². The maximum Gasteiger partial charge on any atom is 0.219 e. The van der Waals surface area contributed by atoms with Crippen molar-refractivity contribution in [3.8, 4) is 11.1 Å². The molecule has 2 aromatic carbocycles. The van der Waals surface area contributed by atoms with E-state index in [0.717, 1.165) is 41.8 Å². The first-order valence-electron chi connectivity index (χ1n) is 12.1. The summed E-state index contributed by atoms with van der Waals surface area (Å²) in [5, 5.41) is 4.44. The van der Waals surface area contributed by atoms with E-state index in [4.69, 9.17) is 5.73 Å². The van der Waals surface area contributed by atoms with Crippen LogP contribution in [0.2, 0.25) is 0 Å². The number of aldehydes is 1. The number of aromatic nitrogens is 3. The van der Waals surface area contributed by atoms with Crippen molar-refractivity contribution in [2.75, 3.05) is 24.3 Å². The lowest BCUT2D eigenvalue weighted by Crippen LogP contribution is -2.35. The number of carbonyl (C=O) groups is 1. The van der Waals surface area contributed by atoms with E-state index < -0.39 is 0 Å². The molecular formula is C28H31N5OS. The van der Waals surface area contributed by atoms with E-state index in [1.54, 1.807) is 12.4 Å². The highest BCUT2D eigenvalue weighted by Crippen LogP contribution is 2.51. The average molecular weight is 486 g/mol. The average Bonchev–Trinajstić information content (AvgIpc) is 3.55. The van der Waals surface area contributed by atoms with Crippen molar-refractivity contribution in [2.45, 2.75) is 37.1 Å². The third-order valence-corrected chi connectivity index (χ3v) is 8.51. The Labute approximate surface area is 210 Å². The molecule has 0 spiro atoms. The fourth-order valence-electron chi connectivity index (χ4n) is 5.09. The van der Waals surface area contributed by atoms with Gasteiger partial charge >= 0.3 is 0 Å². The number of hydrogen-bond donors (Lipinski definition) is 3. The number of nitrogens with two attached hydrogens (primary N) is 1. The molecule has 1 aliphatic heterocycles. The van der Waals surface area contributed by atoms with E-state index in [0.29, 0.717) is 5.56 Å². The Morgan fingerprint density at radius 3 is 2.46 bits per heavy atom. The molecule has 1 saturated heterocycles. The molecule has 2 aliphatic rings. The van der Waals surface area contributed by atoms with Crippen LogP contribution in [0.1, 0.15) is 47.2 Å². The number of hydrogen-bond acceptors (Lipinski definition) is 6. The van der Waals surface area contributed by atoms with Crippen LogP contribution in [0.4, 0.5) is 5.95 Å². The highest BCUT2D eigenvalue weighted by molar-refractivity contribution is 7.99. The lowest BCUT2D eigenvalue weighted by atomic mass is 9.60. The van der Waals surface area contributed by atoms with Gasteiger partial charge in [0.1, 0.15) is 6.29 Å². The molecule has 7 heteroatoms. The van der Waals surface area contributed by atoms with E-state index in [-0.39, 0.29) is 11.4 Å². The van der Waals surface area contributed by atoms with Crippen molar-refractivity contribution < 1.29 is 4.79 Å². The summed E-state index contributed by atoms with van der Waals surface area (Å²) in [5.41, 5.74) is 12.0. The van der Waals surface area contributed by atoms with Gasteiger partial charge in [-0.25, -0.2) is 9.97 Å². The first kappa shape index (κ1) is 23.6. The van der Waals surface area contributed by atoms with Crippen molar-refractivity contribution in [2.24, 2.45) is 0 Å². The lowest BCUT2D eigenvalue weighted by Gasteiger charge is -2.43. The number of fused-ring (bicyclic) bond motifs is 1. The fraction of sp³-hybridized carbons (Fsp3) is 0.321. The molecule has 180 valence electrons. The van der Waals surface area contributed by atoms with Gasteiger partial charge in [-0.2, -0.15) is 11.8 Å². The molecule has 0 amide bonds. The molecule has 6 rings (SSSR count). The van der Waals surface area contributed by atoms with Crippen molar-refractivity contribution in [3.05, 3.63) is 77.7 Å². The monoisotopic (exact) mass is 485 g/mol. The van der Waals surface area contributed by atoms with E-state index in [1.165, 1.54) is 40.9 Å². The Kier molecular flexibility index (Phi) is 6.88. The number of benzene rings is 2. The number of rotatable bonds is 5. The van der Waals surface area contributed by atoms with Crippen LogP contribution in [-0.2, 0) is 5.41 Å². The summed E-state index contributed by atoms with van der Waals surface area (Å²) in [4.78, 5) is 22.6. The van der Waals surface area contributed by atoms with Crippen LogP contribution in [0, 0.1) is 0 Å². The molecule has 1 atom stereocenters. The Bertz CT molecular complexity index is 1290. The first-order valence-corrected chi connectivity index (χ1v) is 13.3. The Hall–Kier alpha value is -3.16. The standard InChI is InChI=1S/C23H20N4O.C5H11NS/c24-22-26-11-17(12-27-22)16-3-5-18(6-4-16)23(8-1-9-23)20-13-25-21-10-15(14-28)2-7-19(20)21;1-6-5-2-3-7-4-5/h2-7,10-14,25H,1,8-9H2,(H2,24,26,27);5-6H,2-4H2,1H3. The van der Waals surface area contributed by atoms with E-state index >= 15 is 0 Å². The third-order valence-electron chi connectivity index (χ3n) is 7.35. The maximum atomic E-state index is 11.1. The van der Waals surface area contributed by atoms with Gasteiger partial charge in [-0.1, -0.05) is 42.8 Å². The Morgan fingerprint density at radius 1 is 1.11 bits per heavy atom. The highest BCUT2D eigenvalue weighted by Gasteiger charge is 2.41. The molecule has 4 aromatic rings. The SMILES string of the molecule is CNC1CCSC1.Nc1ncc(-c2ccc(C3(c4c[nH]c5cc(C=O)ccc45)CCC3)cc2)cn1. The first-order chi connectivity index (χ1) is 17.1. The van der Waals surface area contributed by atoms with Crippen LogP contribution < -0.4 is 11.1 Å². The van der Waals surface area contributed by atoms with Gasteiger partial charge in [0.05, 0.1) is 0 Å². The lowest BCUT2D eigenvalue weighted by molar-refractivity contribution is 0.112. The molecule has 2 aromatic heterocycles. The summed E-state index contributed by atoms with van der Waals surface area (Å²) >= 11 is 2.04. The zero-order chi connectivity index (χ0) is 24.3. The molecule has 1 unspecified atom stereocenters. The van der Waals surface area contributed by atoms with Gasteiger partial charge in [0.15, 0.2) is 0 Å². The van der Waals surface area contributed by atoms with Crippen LogP contribution in [0.5, 0.6) is 0 Å². The molecule has 0 bridgehead atoms. The molecule has 2 fully saturated rings. The summed E-state index contributed by atoms with van der Waals surface area (Å²) in [6, 6.07) is 15.4. The summed E-state index contributed by atoms with van der Waals surface area (Å²) < 4.78 is 0. The highest BCUT2D eigenvalue weighted by atomic mass is 32.2. The number of anilines is 1. The van der Waals surface area contributed by atoms with E-state index in [2.05, 4.69) is 56.8 Å². The van der Waals surface area contributed by atoms with E-state index in [9.17, 15) is 4.79 Å². The number of carbonyl (C=O) groups excluding carboxylic acids is 1. The summed E-state index contributed by atoms with van der Waals surface area (Å²) in [6.07, 6.45) is 11.3. The number of nitrogens with zero attached hydrogens (tertiary/aromatic N) is 2. The van der Waals surface area contributed by atoms with Crippen molar-refractivity contribution in [3.63, 3.8) is 0 Å². The number of H-pyrrole nitrogens is 1. The summed E-state index contributed by atoms with van der Waals surface area (Å²) in [6.45, 7) is 0. The largest absolute Gasteiger partial charge is 0.368 e. The quantitative estimate of drug-likeness (QED) is 0.336. The third kappa shape index (κ3) is 4.70. The molecule has 35 heavy (non-hydrogen) atoms. The molecule has 0 radical (unpaired) electrons. The smallest absolute Gasteiger partial charge is 0.219 e. The molecule has 3 heterocycles. The number of nitrogen functional groups attached to an aromatic ring is 1. The van der Waals surface area contributed by atoms with Gasteiger partial charge < -0.3 is 16.0 Å². The van der Waals surface area contributed by atoms with Crippen molar-refractivity contribution in [1.82, 2.24) is 20.3 Å². The van der Waals surface area contributed by atoms with Gasteiger partial charge in [-0.15, -0.1) is 0 Å². The topological polar surface area (TPSA) is 96.7 Å². The number of thioether (sulfide) groups is 1. The van der Waals surface area contributed by atoms with Gasteiger partial charge in [-0.05, 0) is 54.8 Å². The second-order valence-corrected chi connectivity index (χ2v) is 10.5. The van der Waals surface area contributed by atoms with Gasteiger partial charge in [0.25, 0.3) is 0 Å². The maximum absolute atomic E-state index is 11.1.